The number of benzene rings is 2. The molecular formula is C14H10Cl3IO. The second-order valence-corrected chi connectivity index (χ2v) is 6.54. The molecule has 0 aliphatic rings. The molecular weight excluding hydrogens is 417 g/mol. The van der Waals surface area contributed by atoms with Crippen LogP contribution in [0.3, 0.4) is 0 Å². The van der Waals surface area contributed by atoms with Crippen LogP contribution in [0, 0.1) is 3.57 Å². The van der Waals surface area contributed by atoms with Gasteiger partial charge in [-0.15, -0.1) is 0 Å². The molecule has 2 aromatic carbocycles. The van der Waals surface area contributed by atoms with E-state index in [2.05, 4.69) is 22.6 Å². The van der Waals surface area contributed by atoms with Gasteiger partial charge in [-0.1, -0.05) is 46.9 Å². The van der Waals surface area contributed by atoms with Crippen LogP contribution in [-0.2, 0) is 6.42 Å². The van der Waals surface area contributed by atoms with Gasteiger partial charge in [-0.3, -0.25) is 0 Å². The summed E-state index contributed by atoms with van der Waals surface area (Å²) in [5, 5.41) is 12.0. The Bertz CT molecular complexity index is 601. The van der Waals surface area contributed by atoms with E-state index in [0.717, 1.165) is 14.7 Å². The van der Waals surface area contributed by atoms with Crippen LogP contribution < -0.4 is 0 Å². The molecule has 0 aliphatic carbocycles. The first-order valence-corrected chi connectivity index (χ1v) is 7.75. The molecule has 19 heavy (non-hydrogen) atoms. The Morgan fingerprint density at radius 3 is 2.37 bits per heavy atom. The third-order valence-corrected chi connectivity index (χ3v) is 4.92. The van der Waals surface area contributed by atoms with Crippen molar-refractivity contribution >= 4 is 57.4 Å². The first-order chi connectivity index (χ1) is 8.97. The van der Waals surface area contributed by atoms with Gasteiger partial charge in [0.15, 0.2) is 0 Å². The minimum absolute atomic E-state index is 0.424. The normalized spacial score (nSPS) is 12.5. The lowest BCUT2D eigenvalue weighted by atomic mass is 10.0. The number of hydrogen-bond acceptors (Lipinski definition) is 1. The molecule has 1 unspecified atom stereocenters. The van der Waals surface area contributed by atoms with Crippen LogP contribution in [0.2, 0.25) is 15.1 Å². The Kier molecular flexibility index (Phi) is 5.37. The van der Waals surface area contributed by atoms with E-state index in [1.54, 1.807) is 18.2 Å². The lowest BCUT2D eigenvalue weighted by molar-refractivity contribution is 0.178. The van der Waals surface area contributed by atoms with Crippen molar-refractivity contribution in [3.8, 4) is 0 Å². The van der Waals surface area contributed by atoms with E-state index >= 15 is 0 Å². The van der Waals surface area contributed by atoms with E-state index in [1.165, 1.54) is 0 Å². The van der Waals surface area contributed by atoms with Crippen LogP contribution in [0.4, 0.5) is 0 Å². The predicted octanol–water partition coefficient (Wildman–Crippen LogP) is 5.53. The number of halogens is 4. The van der Waals surface area contributed by atoms with Crippen LogP contribution in [0.5, 0.6) is 0 Å². The van der Waals surface area contributed by atoms with Gasteiger partial charge in [0.2, 0.25) is 0 Å². The van der Waals surface area contributed by atoms with Gasteiger partial charge in [-0.25, -0.2) is 0 Å². The maximum absolute atomic E-state index is 10.2. The summed E-state index contributed by atoms with van der Waals surface area (Å²) < 4.78 is 0.958. The summed E-state index contributed by atoms with van der Waals surface area (Å²) in [6.45, 7) is 0. The molecule has 0 saturated carbocycles. The van der Waals surface area contributed by atoms with Gasteiger partial charge in [0.1, 0.15) is 0 Å². The molecule has 1 atom stereocenters. The Balaban J connectivity index is 2.20. The van der Waals surface area contributed by atoms with Crippen molar-refractivity contribution in [1.29, 1.82) is 0 Å². The topological polar surface area (TPSA) is 20.2 Å². The van der Waals surface area contributed by atoms with Gasteiger partial charge in [0, 0.05) is 20.0 Å². The van der Waals surface area contributed by atoms with Crippen LogP contribution in [0.15, 0.2) is 36.4 Å². The first kappa shape index (κ1) is 15.4. The average Bonchev–Trinajstić information content (AvgIpc) is 2.36. The van der Waals surface area contributed by atoms with Gasteiger partial charge in [-0.2, -0.15) is 0 Å². The van der Waals surface area contributed by atoms with E-state index in [4.69, 9.17) is 34.8 Å². The summed E-state index contributed by atoms with van der Waals surface area (Å²) in [6, 6.07) is 10.8. The second-order valence-electron chi connectivity index (χ2n) is 4.13. The molecule has 2 rings (SSSR count). The monoisotopic (exact) mass is 426 g/mol. The Labute approximate surface area is 140 Å². The van der Waals surface area contributed by atoms with Gasteiger partial charge in [0.25, 0.3) is 0 Å². The maximum atomic E-state index is 10.2. The zero-order valence-electron chi connectivity index (χ0n) is 9.71. The summed E-state index contributed by atoms with van der Waals surface area (Å²) in [5.41, 5.74) is 1.63. The van der Waals surface area contributed by atoms with Crippen molar-refractivity contribution in [2.75, 3.05) is 0 Å². The molecule has 0 bridgehead atoms. The summed E-state index contributed by atoms with van der Waals surface area (Å²) in [4.78, 5) is 0. The van der Waals surface area contributed by atoms with Gasteiger partial charge >= 0.3 is 0 Å². The zero-order chi connectivity index (χ0) is 14.0. The SMILES string of the molecule is OC(Cc1ccc(Cl)cc1Cl)c1ccc(I)c(Cl)c1. The highest BCUT2D eigenvalue weighted by Gasteiger charge is 2.12. The van der Waals surface area contributed by atoms with Crippen LogP contribution in [0.1, 0.15) is 17.2 Å². The Morgan fingerprint density at radius 2 is 1.74 bits per heavy atom. The fourth-order valence-electron chi connectivity index (χ4n) is 1.73. The Hall–Kier alpha value is -0.0000000000000000555. The lowest BCUT2D eigenvalue weighted by Crippen LogP contribution is -2.02. The van der Waals surface area contributed by atoms with Crippen LogP contribution >= 0.6 is 57.4 Å². The standard InChI is InChI=1S/C14H10Cl3IO/c15-10-3-1-8(11(16)7-10)6-14(19)9-2-4-13(18)12(17)5-9/h1-5,7,14,19H,6H2. The van der Waals surface area contributed by atoms with E-state index in [-0.39, 0.29) is 0 Å². The molecule has 1 N–H and O–H groups in total. The maximum Gasteiger partial charge on any atom is 0.0831 e. The third-order valence-electron chi connectivity index (χ3n) is 2.76. The van der Waals surface area contributed by atoms with Crippen molar-refractivity contribution in [1.82, 2.24) is 0 Å². The van der Waals surface area contributed by atoms with Crippen molar-refractivity contribution in [2.45, 2.75) is 12.5 Å². The molecule has 0 heterocycles. The van der Waals surface area contributed by atoms with Crippen LogP contribution in [0.25, 0.3) is 0 Å². The molecule has 0 amide bonds. The summed E-state index contributed by atoms with van der Waals surface area (Å²) in [7, 11) is 0. The van der Waals surface area contributed by atoms with Gasteiger partial charge < -0.3 is 5.11 Å². The number of rotatable bonds is 3. The average molecular weight is 427 g/mol. The van der Waals surface area contributed by atoms with Crippen LogP contribution in [-0.4, -0.2) is 5.11 Å². The molecule has 0 saturated heterocycles. The third kappa shape index (κ3) is 3.99. The summed E-state index contributed by atoms with van der Waals surface area (Å²) >= 11 is 20.1. The minimum Gasteiger partial charge on any atom is -0.388 e. The van der Waals surface area contributed by atoms with E-state index < -0.39 is 6.10 Å². The quantitative estimate of drug-likeness (QED) is 0.639. The van der Waals surface area contributed by atoms with E-state index in [0.29, 0.717) is 21.5 Å². The number of hydrogen-bond donors (Lipinski definition) is 1. The molecule has 2 aromatic rings. The molecule has 0 spiro atoms. The van der Waals surface area contributed by atoms with Crippen molar-refractivity contribution in [3.05, 3.63) is 66.2 Å². The molecule has 0 aliphatic heterocycles. The fourth-order valence-corrected chi connectivity index (χ4v) is 2.74. The molecule has 100 valence electrons. The van der Waals surface area contributed by atoms with Crippen molar-refractivity contribution < 1.29 is 5.11 Å². The molecule has 5 heteroatoms. The van der Waals surface area contributed by atoms with E-state index in [1.807, 2.05) is 18.2 Å². The van der Waals surface area contributed by atoms with Gasteiger partial charge in [-0.05, 0) is 58.0 Å². The van der Waals surface area contributed by atoms with E-state index in [9.17, 15) is 5.11 Å². The molecule has 1 nitrogen and oxygen atoms in total. The summed E-state index contributed by atoms with van der Waals surface area (Å²) in [6.07, 6.45) is -0.222. The first-order valence-electron chi connectivity index (χ1n) is 5.54. The summed E-state index contributed by atoms with van der Waals surface area (Å²) in [5.74, 6) is 0. The lowest BCUT2D eigenvalue weighted by Gasteiger charge is -2.13. The smallest absolute Gasteiger partial charge is 0.0831 e. The highest BCUT2D eigenvalue weighted by atomic mass is 127. The highest BCUT2D eigenvalue weighted by Crippen LogP contribution is 2.28. The zero-order valence-corrected chi connectivity index (χ0v) is 14.1. The molecule has 0 fully saturated rings. The molecule has 0 aromatic heterocycles. The van der Waals surface area contributed by atoms with Gasteiger partial charge in [0.05, 0.1) is 11.1 Å². The fraction of sp³-hybridized carbons (Fsp3) is 0.143. The highest BCUT2D eigenvalue weighted by molar-refractivity contribution is 14.1. The molecule has 0 radical (unpaired) electrons. The Morgan fingerprint density at radius 1 is 1.00 bits per heavy atom. The largest absolute Gasteiger partial charge is 0.388 e. The van der Waals surface area contributed by atoms with Crippen molar-refractivity contribution in [3.63, 3.8) is 0 Å². The predicted molar refractivity (Wildman–Crippen MR) is 89.3 cm³/mol. The minimum atomic E-state index is -0.645. The number of aliphatic hydroxyl groups excluding tert-OH is 1. The second kappa shape index (κ2) is 6.64. The number of aliphatic hydroxyl groups is 1. The van der Waals surface area contributed by atoms with Crippen molar-refractivity contribution in [2.24, 2.45) is 0 Å².